The van der Waals surface area contributed by atoms with Gasteiger partial charge in [-0.1, -0.05) is 18.2 Å². The second-order valence-corrected chi connectivity index (χ2v) is 7.48. The van der Waals surface area contributed by atoms with Crippen molar-refractivity contribution in [3.05, 3.63) is 36.2 Å². The van der Waals surface area contributed by atoms with E-state index < -0.39 is 10.0 Å². The van der Waals surface area contributed by atoms with Gasteiger partial charge in [0.25, 0.3) is 0 Å². The summed E-state index contributed by atoms with van der Waals surface area (Å²) in [6.07, 6.45) is 0. The summed E-state index contributed by atoms with van der Waals surface area (Å²) in [4.78, 5) is 1.96. The van der Waals surface area contributed by atoms with Crippen LogP contribution in [0.5, 0.6) is 0 Å². The van der Waals surface area contributed by atoms with E-state index in [0.29, 0.717) is 24.9 Å². The summed E-state index contributed by atoms with van der Waals surface area (Å²) >= 11 is 0. The molecule has 2 rings (SSSR count). The van der Waals surface area contributed by atoms with Gasteiger partial charge < -0.3 is 4.42 Å². The molecule has 0 radical (unpaired) electrons. The summed E-state index contributed by atoms with van der Waals surface area (Å²) in [5, 5.41) is 8.09. The van der Waals surface area contributed by atoms with Gasteiger partial charge in [0.05, 0.1) is 12.3 Å². The van der Waals surface area contributed by atoms with Crippen molar-refractivity contribution in [1.29, 1.82) is 0 Å². The first kappa shape index (κ1) is 17.6. The third-order valence-corrected chi connectivity index (χ3v) is 4.97. The predicted octanol–water partition coefficient (Wildman–Crippen LogP) is 1.50. The van der Waals surface area contributed by atoms with Crippen molar-refractivity contribution in [1.82, 2.24) is 19.8 Å². The minimum absolute atomic E-state index is 0.00315. The molecule has 8 heteroatoms. The summed E-state index contributed by atoms with van der Waals surface area (Å²) in [7, 11) is -1.29. The first-order chi connectivity index (χ1) is 10.9. The number of sulfonamides is 1. The molecule has 1 heterocycles. The van der Waals surface area contributed by atoms with Crippen molar-refractivity contribution in [3.63, 3.8) is 0 Å². The van der Waals surface area contributed by atoms with Crippen molar-refractivity contribution in [2.75, 3.05) is 19.3 Å². The van der Waals surface area contributed by atoms with Crippen molar-refractivity contribution < 1.29 is 12.8 Å². The van der Waals surface area contributed by atoms with Gasteiger partial charge in [-0.3, -0.25) is 4.90 Å². The summed E-state index contributed by atoms with van der Waals surface area (Å²) in [5.41, 5.74) is 0.873. The van der Waals surface area contributed by atoms with Crippen LogP contribution in [0.3, 0.4) is 0 Å². The van der Waals surface area contributed by atoms with E-state index in [0.717, 1.165) is 5.56 Å². The molecule has 0 saturated carbocycles. The normalized spacial score (nSPS) is 13.4. The van der Waals surface area contributed by atoms with Gasteiger partial charge in [0, 0.05) is 18.2 Å². The van der Waals surface area contributed by atoms with Crippen LogP contribution < -0.4 is 4.72 Å². The van der Waals surface area contributed by atoms with Crippen LogP contribution in [0.25, 0.3) is 11.5 Å². The van der Waals surface area contributed by atoms with E-state index in [1.54, 1.807) is 6.92 Å². The molecule has 1 aromatic carbocycles. The number of rotatable bonds is 8. The number of likely N-dealkylation sites (N-methyl/N-ethyl adjacent to an activating group) is 1. The fourth-order valence-electron chi connectivity index (χ4n) is 1.89. The highest BCUT2D eigenvalue weighted by atomic mass is 32.2. The lowest BCUT2D eigenvalue weighted by molar-refractivity contribution is 0.227. The van der Waals surface area contributed by atoms with Gasteiger partial charge in [-0.05, 0) is 33.0 Å². The zero-order chi connectivity index (χ0) is 16.9. The van der Waals surface area contributed by atoms with E-state index in [1.165, 1.54) is 0 Å². The van der Waals surface area contributed by atoms with Crippen LogP contribution in [0.15, 0.2) is 34.7 Å². The maximum Gasteiger partial charge on any atom is 0.247 e. The van der Waals surface area contributed by atoms with Crippen molar-refractivity contribution in [3.8, 4) is 11.5 Å². The first-order valence-corrected chi connectivity index (χ1v) is 9.12. The summed E-state index contributed by atoms with van der Waals surface area (Å²) in [5.74, 6) is 1.05. The molecular weight excluding hydrogens is 316 g/mol. The quantitative estimate of drug-likeness (QED) is 0.785. The molecule has 0 spiro atoms. The molecular formula is C15H22N4O3S. The minimum atomic E-state index is -3.18. The third kappa shape index (κ3) is 5.12. The van der Waals surface area contributed by atoms with E-state index in [9.17, 15) is 8.42 Å². The monoisotopic (exact) mass is 338 g/mol. The van der Waals surface area contributed by atoms with Crippen LogP contribution in [0.1, 0.15) is 19.7 Å². The lowest BCUT2D eigenvalue weighted by Gasteiger charge is -2.23. The molecule has 2 aromatic rings. The number of hydrogen-bond donors (Lipinski definition) is 1. The zero-order valence-electron chi connectivity index (χ0n) is 13.6. The number of hydrogen-bond acceptors (Lipinski definition) is 6. The highest BCUT2D eigenvalue weighted by Crippen LogP contribution is 2.17. The Balaban J connectivity index is 1.93. The second kappa shape index (κ2) is 7.67. The molecule has 23 heavy (non-hydrogen) atoms. The highest BCUT2D eigenvalue weighted by Gasteiger charge is 2.16. The van der Waals surface area contributed by atoms with Gasteiger partial charge in [-0.2, -0.15) is 0 Å². The summed E-state index contributed by atoms with van der Waals surface area (Å²) in [6, 6.07) is 9.56. The first-order valence-electron chi connectivity index (χ1n) is 7.46. The standard InChI is InChI=1S/C15H22N4O3S/c1-4-23(20,21)16-10-12(2)19(3)11-14-17-18-15(22-14)13-8-6-5-7-9-13/h5-9,12,16H,4,10-11H2,1-3H3. The molecule has 1 N–H and O–H groups in total. The van der Waals surface area contributed by atoms with E-state index in [4.69, 9.17) is 4.42 Å². The molecule has 1 unspecified atom stereocenters. The van der Waals surface area contributed by atoms with E-state index in [2.05, 4.69) is 14.9 Å². The van der Waals surface area contributed by atoms with E-state index in [1.807, 2.05) is 49.2 Å². The van der Waals surface area contributed by atoms with Crippen LogP contribution >= 0.6 is 0 Å². The maximum atomic E-state index is 11.5. The Morgan fingerprint density at radius 1 is 1.26 bits per heavy atom. The molecule has 0 aliphatic carbocycles. The molecule has 126 valence electrons. The SMILES string of the molecule is CCS(=O)(=O)NCC(C)N(C)Cc1nnc(-c2ccccc2)o1. The molecule has 0 aliphatic heterocycles. The Bertz CT molecular complexity index is 715. The van der Waals surface area contributed by atoms with Crippen LogP contribution in [0.4, 0.5) is 0 Å². The molecule has 0 bridgehead atoms. The van der Waals surface area contributed by atoms with Gasteiger partial charge in [0.2, 0.25) is 21.8 Å². The van der Waals surface area contributed by atoms with Crippen molar-refractivity contribution in [2.24, 2.45) is 0 Å². The molecule has 0 amide bonds. The second-order valence-electron chi connectivity index (χ2n) is 5.38. The Hall–Kier alpha value is -1.77. The lowest BCUT2D eigenvalue weighted by atomic mass is 10.2. The smallest absolute Gasteiger partial charge is 0.247 e. The van der Waals surface area contributed by atoms with E-state index in [-0.39, 0.29) is 11.8 Å². The summed E-state index contributed by atoms with van der Waals surface area (Å²) < 4.78 is 31.2. The Morgan fingerprint density at radius 2 is 1.96 bits per heavy atom. The van der Waals surface area contributed by atoms with Gasteiger partial charge in [-0.15, -0.1) is 10.2 Å². The largest absolute Gasteiger partial charge is 0.419 e. The number of aromatic nitrogens is 2. The van der Waals surface area contributed by atoms with Crippen LogP contribution in [-0.2, 0) is 16.6 Å². The van der Waals surface area contributed by atoms with Crippen LogP contribution in [0, 0.1) is 0 Å². The lowest BCUT2D eigenvalue weighted by Crippen LogP contribution is -2.40. The van der Waals surface area contributed by atoms with Crippen molar-refractivity contribution in [2.45, 2.75) is 26.4 Å². The maximum absolute atomic E-state index is 11.5. The van der Waals surface area contributed by atoms with E-state index >= 15 is 0 Å². The fourth-order valence-corrected chi connectivity index (χ4v) is 2.59. The van der Waals surface area contributed by atoms with Crippen molar-refractivity contribution >= 4 is 10.0 Å². The Kier molecular flexibility index (Phi) is 5.86. The number of nitrogens with one attached hydrogen (secondary N) is 1. The number of nitrogens with zero attached hydrogens (tertiary/aromatic N) is 3. The predicted molar refractivity (Wildman–Crippen MR) is 88.1 cm³/mol. The topological polar surface area (TPSA) is 88.3 Å². The minimum Gasteiger partial charge on any atom is -0.419 e. The molecule has 0 saturated heterocycles. The Labute approximate surface area is 136 Å². The molecule has 0 aliphatic rings. The molecule has 1 aromatic heterocycles. The molecule has 1 atom stereocenters. The fraction of sp³-hybridized carbons (Fsp3) is 0.467. The molecule has 7 nitrogen and oxygen atoms in total. The molecule has 0 fully saturated rings. The average Bonchev–Trinajstić information content (AvgIpc) is 3.02. The third-order valence-electron chi connectivity index (χ3n) is 3.60. The van der Waals surface area contributed by atoms with Crippen LogP contribution in [-0.4, -0.2) is 48.9 Å². The highest BCUT2D eigenvalue weighted by molar-refractivity contribution is 7.89. The summed E-state index contributed by atoms with van der Waals surface area (Å²) in [6.45, 7) is 4.34. The zero-order valence-corrected chi connectivity index (χ0v) is 14.4. The Morgan fingerprint density at radius 3 is 2.61 bits per heavy atom. The van der Waals surface area contributed by atoms with Gasteiger partial charge in [0.1, 0.15) is 0 Å². The van der Waals surface area contributed by atoms with Gasteiger partial charge in [-0.25, -0.2) is 13.1 Å². The van der Waals surface area contributed by atoms with Gasteiger partial charge >= 0.3 is 0 Å². The van der Waals surface area contributed by atoms with Gasteiger partial charge in [0.15, 0.2) is 0 Å². The number of benzene rings is 1. The van der Waals surface area contributed by atoms with Crippen LogP contribution in [0.2, 0.25) is 0 Å². The average molecular weight is 338 g/mol.